The van der Waals surface area contributed by atoms with Gasteiger partial charge in [-0.3, -0.25) is 4.98 Å². The second-order valence-electron chi connectivity index (χ2n) is 7.73. The van der Waals surface area contributed by atoms with Crippen LogP contribution in [0, 0.1) is 0 Å². The van der Waals surface area contributed by atoms with Crippen molar-refractivity contribution >= 4 is 26.8 Å². The number of aromatic nitrogens is 2. The zero-order valence-electron chi connectivity index (χ0n) is 17.5. The van der Waals surface area contributed by atoms with Gasteiger partial charge in [0.25, 0.3) is 0 Å². The summed E-state index contributed by atoms with van der Waals surface area (Å²) in [6.45, 7) is 8.89. The Morgan fingerprint density at radius 3 is 2.76 bits per heavy atom. The van der Waals surface area contributed by atoms with Gasteiger partial charge in [0.2, 0.25) is 0 Å². The quantitative estimate of drug-likeness (QED) is 0.222. The predicted molar refractivity (Wildman–Crippen MR) is 121 cm³/mol. The average Bonchev–Trinajstić information content (AvgIpc) is 2.99. The number of benzene rings is 1. The molecule has 0 spiro atoms. The normalized spacial score (nSPS) is 12.8. The lowest BCUT2D eigenvalue weighted by atomic mass is 9.91. The number of methoxy groups -OCH3 is 1. The Morgan fingerprint density at radius 1 is 1.34 bits per heavy atom. The molecule has 1 unspecified atom stereocenters. The maximum Gasteiger partial charge on any atom is 0.0969 e. The molecule has 3 rings (SSSR count). The molecule has 0 amide bonds. The van der Waals surface area contributed by atoms with Crippen LogP contribution in [0.25, 0.3) is 32.6 Å². The van der Waals surface area contributed by atoms with Crippen molar-refractivity contribution in [1.29, 1.82) is 0 Å². The third-order valence-corrected chi connectivity index (χ3v) is 5.70. The third kappa shape index (κ3) is 4.17. The van der Waals surface area contributed by atoms with Gasteiger partial charge in [-0.2, -0.15) is 0 Å². The number of rotatable bonds is 7. The van der Waals surface area contributed by atoms with Crippen molar-refractivity contribution in [3.05, 3.63) is 62.7 Å². The van der Waals surface area contributed by atoms with Crippen LogP contribution >= 0.6 is 15.9 Å². The molecule has 6 nitrogen and oxygen atoms in total. The van der Waals surface area contributed by atoms with Crippen LogP contribution in [0.15, 0.2) is 46.1 Å². The van der Waals surface area contributed by atoms with Gasteiger partial charge in [0, 0.05) is 51.2 Å². The molecule has 29 heavy (non-hydrogen) atoms. The molecular weight excluding hydrogens is 430 g/mol. The molecule has 0 saturated heterocycles. The van der Waals surface area contributed by atoms with Gasteiger partial charge in [-0.05, 0) is 61.7 Å². The van der Waals surface area contributed by atoms with Gasteiger partial charge in [-0.15, -0.1) is 0 Å². The molecule has 0 radical (unpaired) electrons. The number of halogens is 1. The summed E-state index contributed by atoms with van der Waals surface area (Å²) in [7, 11) is 1.70. The molecule has 1 aromatic carbocycles. The van der Waals surface area contributed by atoms with E-state index in [2.05, 4.69) is 66.7 Å². The molecule has 0 N–H and O–H groups in total. The van der Waals surface area contributed by atoms with Gasteiger partial charge in [0.05, 0.1) is 17.5 Å². The lowest BCUT2D eigenvalue weighted by molar-refractivity contribution is 0.116. The molecule has 0 aliphatic heterocycles. The minimum atomic E-state index is -0.562. The van der Waals surface area contributed by atoms with E-state index in [1.165, 1.54) is 0 Å². The summed E-state index contributed by atoms with van der Waals surface area (Å²) in [5.41, 5.74) is 13.8. The van der Waals surface area contributed by atoms with Crippen molar-refractivity contribution in [1.82, 2.24) is 9.55 Å². The van der Waals surface area contributed by atoms with E-state index in [4.69, 9.17) is 10.3 Å². The second-order valence-corrected chi connectivity index (χ2v) is 8.64. The van der Waals surface area contributed by atoms with Crippen LogP contribution in [-0.4, -0.2) is 22.2 Å². The van der Waals surface area contributed by atoms with E-state index in [9.17, 15) is 0 Å². The minimum Gasteiger partial charge on any atom is -0.375 e. The maximum atomic E-state index is 9.04. The SMILES string of the molecule is CCn1c(-c2cccnc2C(C)OC)c(CC(C)(C)N=[N+]=[N-])c2cc(Br)ccc21. The Hall–Kier alpha value is -2.34. The number of nitrogens with zero attached hydrogens (tertiary/aromatic N) is 5. The summed E-state index contributed by atoms with van der Waals surface area (Å²) in [6.07, 6.45) is 2.27. The van der Waals surface area contributed by atoms with Crippen LogP contribution in [0.4, 0.5) is 0 Å². The molecule has 152 valence electrons. The number of ether oxygens (including phenoxy) is 1. The fourth-order valence-corrected chi connectivity index (χ4v) is 4.22. The summed E-state index contributed by atoms with van der Waals surface area (Å²) < 4.78 is 8.93. The van der Waals surface area contributed by atoms with Crippen molar-refractivity contribution < 1.29 is 4.74 Å². The van der Waals surface area contributed by atoms with Gasteiger partial charge in [-0.1, -0.05) is 34.9 Å². The van der Waals surface area contributed by atoms with Crippen LogP contribution in [0.1, 0.15) is 45.1 Å². The highest BCUT2D eigenvalue weighted by atomic mass is 79.9. The first-order valence-corrected chi connectivity index (χ1v) is 10.5. The highest BCUT2D eigenvalue weighted by molar-refractivity contribution is 9.10. The molecule has 0 fully saturated rings. The van der Waals surface area contributed by atoms with Crippen LogP contribution in [0.2, 0.25) is 0 Å². The molecule has 1 atom stereocenters. The van der Waals surface area contributed by atoms with Gasteiger partial charge < -0.3 is 9.30 Å². The summed E-state index contributed by atoms with van der Waals surface area (Å²) in [6, 6.07) is 10.4. The first kappa shape index (κ1) is 21.4. The number of azide groups is 1. The largest absolute Gasteiger partial charge is 0.375 e. The average molecular weight is 456 g/mol. The Bertz CT molecular complexity index is 1080. The molecule has 2 heterocycles. The van der Waals surface area contributed by atoms with E-state index in [1.54, 1.807) is 13.3 Å². The highest BCUT2D eigenvalue weighted by Crippen LogP contribution is 2.40. The molecule has 2 aromatic heterocycles. The van der Waals surface area contributed by atoms with Crippen molar-refractivity contribution in [3.63, 3.8) is 0 Å². The molecular formula is C22H26BrN5O. The van der Waals surface area contributed by atoms with Crippen molar-refractivity contribution in [2.75, 3.05) is 7.11 Å². The van der Waals surface area contributed by atoms with Crippen LogP contribution in [0.3, 0.4) is 0 Å². The van der Waals surface area contributed by atoms with Gasteiger partial charge in [-0.25, -0.2) is 0 Å². The van der Waals surface area contributed by atoms with Crippen LogP contribution in [-0.2, 0) is 17.7 Å². The van der Waals surface area contributed by atoms with Gasteiger partial charge in [0.15, 0.2) is 0 Å². The molecule has 0 bridgehead atoms. The lowest BCUT2D eigenvalue weighted by Gasteiger charge is -2.21. The minimum absolute atomic E-state index is 0.140. The standard InChI is InChI=1S/C22H26BrN5O/c1-6-28-19-10-9-15(23)12-17(19)18(13-22(3,4)26-27-24)21(28)16-8-7-11-25-20(16)14(2)29-5/h7-12,14H,6,13H2,1-5H3. The molecule has 3 aromatic rings. The van der Waals surface area contributed by atoms with Gasteiger partial charge >= 0.3 is 0 Å². The van der Waals surface area contributed by atoms with E-state index >= 15 is 0 Å². The number of hydrogen-bond acceptors (Lipinski definition) is 3. The topological polar surface area (TPSA) is 75.8 Å². The van der Waals surface area contributed by atoms with Crippen LogP contribution in [0.5, 0.6) is 0 Å². The van der Waals surface area contributed by atoms with E-state index < -0.39 is 5.54 Å². The Kier molecular flexibility index (Phi) is 6.32. The second kappa shape index (κ2) is 8.57. The molecule has 0 aliphatic carbocycles. The Morgan fingerprint density at radius 2 is 2.10 bits per heavy atom. The first-order chi connectivity index (χ1) is 13.8. The summed E-state index contributed by atoms with van der Waals surface area (Å²) in [5.74, 6) is 0. The monoisotopic (exact) mass is 455 g/mol. The number of aryl methyl sites for hydroxylation is 1. The predicted octanol–water partition coefficient (Wildman–Crippen LogP) is 6.82. The summed E-state index contributed by atoms with van der Waals surface area (Å²) in [4.78, 5) is 7.70. The van der Waals surface area contributed by atoms with E-state index in [1.807, 2.05) is 26.8 Å². The van der Waals surface area contributed by atoms with E-state index in [0.717, 1.165) is 44.4 Å². The van der Waals surface area contributed by atoms with Crippen LogP contribution < -0.4 is 0 Å². The Balaban J connectivity index is 2.40. The maximum absolute atomic E-state index is 9.04. The van der Waals surface area contributed by atoms with Crippen molar-refractivity contribution in [2.45, 2.75) is 52.3 Å². The fraction of sp³-hybridized carbons (Fsp3) is 0.409. The van der Waals surface area contributed by atoms with E-state index in [-0.39, 0.29) is 6.10 Å². The number of fused-ring (bicyclic) bond motifs is 1. The van der Waals surface area contributed by atoms with Crippen molar-refractivity contribution in [2.24, 2.45) is 5.11 Å². The number of hydrogen-bond donors (Lipinski definition) is 0. The zero-order chi connectivity index (χ0) is 21.2. The number of pyridine rings is 1. The molecule has 0 aliphatic rings. The summed E-state index contributed by atoms with van der Waals surface area (Å²) >= 11 is 3.61. The lowest BCUT2D eigenvalue weighted by Crippen LogP contribution is -2.20. The molecule has 0 saturated carbocycles. The van der Waals surface area contributed by atoms with Gasteiger partial charge in [0.1, 0.15) is 0 Å². The summed E-state index contributed by atoms with van der Waals surface area (Å²) in [5, 5.41) is 5.19. The zero-order valence-corrected chi connectivity index (χ0v) is 19.1. The highest BCUT2D eigenvalue weighted by Gasteiger charge is 2.27. The van der Waals surface area contributed by atoms with E-state index in [0.29, 0.717) is 6.42 Å². The fourth-order valence-electron chi connectivity index (χ4n) is 3.85. The smallest absolute Gasteiger partial charge is 0.0969 e. The third-order valence-electron chi connectivity index (χ3n) is 5.20. The first-order valence-electron chi connectivity index (χ1n) is 9.68. The molecule has 7 heteroatoms. The van der Waals surface area contributed by atoms with Crippen molar-refractivity contribution in [3.8, 4) is 11.3 Å². The Labute approximate surface area is 179 Å².